The third-order valence-corrected chi connectivity index (χ3v) is 4.24. The van der Waals surface area contributed by atoms with Crippen molar-refractivity contribution in [1.29, 1.82) is 0 Å². The molecular weight excluding hydrogens is 304 g/mol. The summed E-state index contributed by atoms with van der Waals surface area (Å²) in [6, 6.07) is 12.8. The number of benzene rings is 2. The lowest BCUT2D eigenvalue weighted by atomic mass is 10.1. The van der Waals surface area contributed by atoms with E-state index in [1.807, 2.05) is 36.6 Å². The monoisotopic (exact) mass is 316 g/mol. The zero-order valence-electron chi connectivity index (χ0n) is 11.3. The summed E-state index contributed by atoms with van der Waals surface area (Å²) in [5, 5.41) is 16.2. The molecule has 106 valence electrons. The topological polar surface area (TPSA) is 45.1 Å². The van der Waals surface area contributed by atoms with Crippen molar-refractivity contribution >= 4 is 33.8 Å². The van der Waals surface area contributed by atoms with Crippen molar-refractivity contribution in [2.45, 2.75) is 6.92 Å². The van der Waals surface area contributed by atoms with Gasteiger partial charge in [-0.3, -0.25) is 0 Å². The van der Waals surface area contributed by atoms with Gasteiger partial charge in [-0.25, -0.2) is 4.98 Å². The van der Waals surface area contributed by atoms with Crippen LogP contribution >= 0.6 is 22.9 Å². The van der Waals surface area contributed by atoms with Crippen LogP contribution in [0.1, 0.15) is 5.56 Å². The van der Waals surface area contributed by atoms with Crippen LogP contribution in [-0.2, 0) is 0 Å². The number of nitrogens with zero attached hydrogens (tertiary/aromatic N) is 1. The number of thiazole rings is 1. The molecule has 2 aromatic carbocycles. The van der Waals surface area contributed by atoms with Crippen molar-refractivity contribution in [2.75, 3.05) is 5.32 Å². The van der Waals surface area contributed by atoms with E-state index in [1.54, 1.807) is 18.2 Å². The van der Waals surface area contributed by atoms with Crippen LogP contribution in [0, 0.1) is 6.92 Å². The Morgan fingerprint density at radius 2 is 2.05 bits per heavy atom. The molecule has 3 nitrogen and oxygen atoms in total. The first-order chi connectivity index (χ1) is 10.1. The molecule has 2 N–H and O–H groups in total. The molecule has 0 aliphatic rings. The molecule has 21 heavy (non-hydrogen) atoms. The number of aryl methyl sites for hydroxylation is 1. The van der Waals surface area contributed by atoms with Gasteiger partial charge in [0.1, 0.15) is 5.75 Å². The lowest BCUT2D eigenvalue weighted by molar-refractivity contribution is 0.475. The standard InChI is InChI=1S/C16H13ClN2OS/c1-10-7-11(5-6-14(10)17)15-9-21-16(19-15)18-12-3-2-4-13(20)8-12/h2-9,20H,1H3,(H,18,19). The number of anilines is 2. The minimum absolute atomic E-state index is 0.227. The van der Waals surface area contributed by atoms with Gasteiger partial charge < -0.3 is 10.4 Å². The summed E-state index contributed by atoms with van der Waals surface area (Å²) in [5.41, 5.74) is 3.78. The molecule has 0 saturated heterocycles. The summed E-state index contributed by atoms with van der Waals surface area (Å²) in [7, 11) is 0. The van der Waals surface area contributed by atoms with Crippen LogP contribution in [0.2, 0.25) is 5.02 Å². The van der Waals surface area contributed by atoms with Crippen LogP contribution in [0.5, 0.6) is 5.75 Å². The molecule has 0 aliphatic carbocycles. The van der Waals surface area contributed by atoms with E-state index in [4.69, 9.17) is 11.6 Å². The number of aromatic nitrogens is 1. The van der Waals surface area contributed by atoms with E-state index in [1.165, 1.54) is 11.3 Å². The summed E-state index contributed by atoms with van der Waals surface area (Å²) >= 11 is 7.56. The van der Waals surface area contributed by atoms with Crippen molar-refractivity contribution in [3.8, 4) is 17.0 Å². The molecule has 3 aromatic rings. The highest BCUT2D eigenvalue weighted by molar-refractivity contribution is 7.14. The van der Waals surface area contributed by atoms with Gasteiger partial charge in [0.25, 0.3) is 0 Å². The molecule has 0 aliphatic heterocycles. The molecule has 0 saturated carbocycles. The van der Waals surface area contributed by atoms with E-state index in [0.717, 1.165) is 32.7 Å². The van der Waals surface area contributed by atoms with Gasteiger partial charge in [0.2, 0.25) is 0 Å². The van der Waals surface area contributed by atoms with Gasteiger partial charge >= 0.3 is 0 Å². The highest BCUT2D eigenvalue weighted by atomic mass is 35.5. The maximum Gasteiger partial charge on any atom is 0.187 e. The second-order valence-electron chi connectivity index (χ2n) is 4.68. The van der Waals surface area contributed by atoms with Crippen molar-refractivity contribution in [1.82, 2.24) is 4.98 Å². The van der Waals surface area contributed by atoms with E-state index in [0.29, 0.717) is 0 Å². The first kappa shape index (κ1) is 13.9. The van der Waals surface area contributed by atoms with Crippen LogP contribution in [0.3, 0.4) is 0 Å². The zero-order valence-corrected chi connectivity index (χ0v) is 12.9. The van der Waals surface area contributed by atoms with Crippen LogP contribution in [-0.4, -0.2) is 10.1 Å². The number of halogens is 1. The summed E-state index contributed by atoms with van der Waals surface area (Å²) in [4.78, 5) is 4.56. The van der Waals surface area contributed by atoms with Gasteiger partial charge in [0.05, 0.1) is 5.69 Å². The van der Waals surface area contributed by atoms with Gasteiger partial charge in [0, 0.05) is 27.7 Å². The predicted octanol–water partition coefficient (Wildman–Crippen LogP) is 5.22. The number of aromatic hydroxyl groups is 1. The molecule has 0 spiro atoms. The second kappa shape index (κ2) is 5.76. The van der Waals surface area contributed by atoms with Gasteiger partial charge in [0.15, 0.2) is 5.13 Å². The highest BCUT2D eigenvalue weighted by Gasteiger charge is 2.06. The minimum Gasteiger partial charge on any atom is -0.508 e. The number of phenolic OH excluding ortho intramolecular Hbond substituents is 1. The summed E-state index contributed by atoms with van der Waals surface area (Å²) < 4.78 is 0. The highest BCUT2D eigenvalue weighted by Crippen LogP contribution is 2.29. The largest absolute Gasteiger partial charge is 0.508 e. The first-order valence-corrected chi connectivity index (χ1v) is 7.66. The third-order valence-electron chi connectivity index (χ3n) is 3.06. The molecule has 0 fully saturated rings. The molecule has 0 unspecified atom stereocenters. The Hall–Kier alpha value is -2.04. The number of hydrogen-bond acceptors (Lipinski definition) is 4. The fourth-order valence-electron chi connectivity index (χ4n) is 1.97. The van der Waals surface area contributed by atoms with Gasteiger partial charge in [-0.05, 0) is 36.8 Å². The van der Waals surface area contributed by atoms with Crippen LogP contribution in [0.25, 0.3) is 11.3 Å². The number of rotatable bonds is 3. The fourth-order valence-corrected chi connectivity index (χ4v) is 2.83. The average molecular weight is 317 g/mol. The van der Waals surface area contributed by atoms with Gasteiger partial charge in [-0.1, -0.05) is 23.7 Å². The van der Waals surface area contributed by atoms with Crippen molar-refractivity contribution in [2.24, 2.45) is 0 Å². The van der Waals surface area contributed by atoms with Crippen molar-refractivity contribution in [3.05, 3.63) is 58.4 Å². The van der Waals surface area contributed by atoms with E-state index < -0.39 is 0 Å². The smallest absolute Gasteiger partial charge is 0.187 e. The lowest BCUT2D eigenvalue weighted by Crippen LogP contribution is -1.89. The Kier molecular flexibility index (Phi) is 3.82. The third kappa shape index (κ3) is 3.17. The van der Waals surface area contributed by atoms with E-state index in [9.17, 15) is 5.11 Å². The van der Waals surface area contributed by atoms with Crippen molar-refractivity contribution < 1.29 is 5.11 Å². The molecule has 5 heteroatoms. The zero-order chi connectivity index (χ0) is 14.8. The molecular formula is C16H13ClN2OS. The fraction of sp³-hybridized carbons (Fsp3) is 0.0625. The van der Waals surface area contributed by atoms with Crippen LogP contribution < -0.4 is 5.32 Å². The molecule has 0 bridgehead atoms. The van der Waals surface area contributed by atoms with Gasteiger partial charge in [-0.15, -0.1) is 11.3 Å². The molecule has 1 aromatic heterocycles. The summed E-state index contributed by atoms with van der Waals surface area (Å²) in [6.45, 7) is 1.98. The lowest BCUT2D eigenvalue weighted by Gasteiger charge is -2.03. The Labute approximate surface area is 131 Å². The average Bonchev–Trinajstić information content (AvgIpc) is 2.90. The Morgan fingerprint density at radius 3 is 2.81 bits per heavy atom. The Bertz CT molecular complexity index is 785. The van der Waals surface area contributed by atoms with Gasteiger partial charge in [-0.2, -0.15) is 0 Å². The van der Waals surface area contributed by atoms with E-state index in [-0.39, 0.29) is 5.75 Å². The van der Waals surface area contributed by atoms with E-state index >= 15 is 0 Å². The Balaban J connectivity index is 1.84. The maximum atomic E-state index is 9.46. The molecule has 0 atom stereocenters. The van der Waals surface area contributed by atoms with Crippen molar-refractivity contribution in [3.63, 3.8) is 0 Å². The molecule has 0 amide bonds. The Morgan fingerprint density at radius 1 is 1.19 bits per heavy atom. The SMILES string of the molecule is Cc1cc(-c2csc(Nc3cccc(O)c3)n2)ccc1Cl. The second-order valence-corrected chi connectivity index (χ2v) is 5.94. The molecule has 3 rings (SSSR count). The number of hydrogen-bond donors (Lipinski definition) is 2. The summed E-state index contributed by atoms with van der Waals surface area (Å²) in [5.74, 6) is 0.227. The quantitative estimate of drug-likeness (QED) is 0.696. The number of phenols is 1. The predicted molar refractivity (Wildman–Crippen MR) is 88.7 cm³/mol. The normalized spacial score (nSPS) is 10.6. The first-order valence-electron chi connectivity index (χ1n) is 6.40. The maximum absolute atomic E-state index is 9.46. The minimum atomic E-state index is 0.227. The van der Waals surface area contributed by atoms with Crippen LogP contribution in [0.15, 0.2) is 47.8 Å². The summed E-state index contributed by atoms with van der Waals surface area (Å²) in [6.07, 6.45) is 0. The van der Waals surface area contributed by atoms with Crippen LogP contribution in [0.4, 0.5) is 10.8 Å². The molecule has 1 heterocycles. The molecule has 0 radical (unpaired) electrons. The van der Waals surface area contributed by atoms with E-state index in [2.05, 4.69) is 10.3 Å². The number of nitrogens with one attached hydrogen (secondary N) is 1.